The molecular formula is C14H16F4N2O. The van der Waals surface area contributed by atoms with Crippen molar-refractivity contribution in [3.63, 3.8) is 0 Å². The maximum absolute atomic E-state index is 13.2. The van der Waals surface area contributed by atoms with Gasteiger partial charge in [0.25, 0.3) is 0 Å². The van der Waals surface area contributed by atoms with Gasteiger partial charge >= 0.3 is 6.18 Å². The van der Waals surface area contributed by atoms with Gasteiger partial charge in [0, 0.05) is 11.7 Å². The predicted octanol–water partition coefficient (Wildman–Crippen LogP) is 3.31. The van der Waals surface area contributed by atoms with Gasteiger partial charge in [-0.25, -0.2) is 4.39 Å². The molecule has 21 heavy (non-hydrogen) atoms. The van der Waals surface area contributed by atoms with Crippen LogP contribution < -0.4 is 10.6 Å². The molecule has 2 N–H and O–H groups in total. The van der Waals surface area contributed by atoms with Crippen molar-refractivity contribution in [1.29, 1.82) is 0 Å². The van der Waals surface area contributed by atoms with E-state index in [1.54, 1.807) is 0 Å². The smallest absolute Gasteiger partial charge is 0.325 e. The molecule has 1 saturated heterocycles. The van der Waals surface area contributed by atoms with Crippen LogP contribution in [0.1, 0.15) is 31.7 Å². The number of piperidine rings is 1. The first-order valence-electron chi connectivity index (χ1n) is 6.71. The number of nitrogens with one attached hydrogen (secondary N) is 2. The molecule has 0 aliphatic carbocycles. The van der Waals surface area contributed by atoms with Crippen molar-refractivity contribution in [3.8, 4) is 0 Å². The highest BCUT2D eigenvalue weighted by Crippen LogP contribution is 2.33. The molecule has 0 radical (unpaired) electrons. The Morgan fingerprint density at radius 2 is 2.05 bits per heavy atom. The number of benzene rings is 1. The van der Waals surface area contributed by atoms with Gasteiger partial charge in [0.05, 0.1) is 11.6 Å². The third-order valence-corrected chi connectivity index (χ3v) is 3.47. The minimum Gasteiger partial charge on any atom is -0.325 e. The molecule has 2 rings (SSSR count). The third-order valence-electron chi connectivity index (χ3n) is 3.47. The number of hydrogen-bond acceptors (Lipinski definition) is 2. The van der Waals surface area contributed by atoms with Crippen LogP contribution in [-0.2, 0) is 11.0 Å². The van der Waals surface area contributed by atoms with Crippen molar-refractivity contribution in [3.05, 3.63) is 29.6 Å². The second kappa shape index (κ2) is 6.01. The minimum absolute atomic E-state index is 0.0613. The predicted molar refractivity (Wildman–Crippen MR) is 70.3 cm³/mol. The van der Waals surface area contributed by atoms with Gasteiger partial charge in [-0.3, -0.25) is 4.79 Å². The highest BCUT2D eigenvalue weighted by Gasteiger charge is 2.34. The molecule has 1 aliphatic rings. The van der Waals surface area contributed by atoms with Gasteiger partial charge in [-0.2, -0.15) is 13.2 Å². The van der Waals surface area contributed by atoms with Crippen molar-refractivity contribution in [1.82, 2.24) is 5.32 Å². The van der Waals surface area contributed by atoms with Crippen LogP contribution in [0.2, 0.25) is 0 Å². The Kier molecular flexibility index (Phi) is 4.51. The van der Waals surface area contributed by atoms with Gasteiger partial charge < -0.3 is 10.6 Å². The third kappa shape index (κ3) is 3.93. The molecule has 1 aromatic rings. The van der Waals surface area contributed by atoms with E-state index in [1.807, 2.05) is 6.92 Å². The van der Waals surface area contributed by atoms with Gasteiger partial charge in [0.15, 0.2) is 0 Å². The number of hydrogen-bond donors (Lipinski definition) is 2. The first kappa shape index (κ1) is 15.8. The van der Waals surface area contributed by atoms with Crippen LogP contribution in [0.15, 0.2) is 18.2 Å². The van der Waals surface area contributed by atoms with Crippen LogP contribution in [0.4, 0.5) is 23.2 Å². The number of anilines is 1. The molecular weight excluding hydrogens is 288 g/mol. The molecule has 0 saturated carbocycles. The molecule has 116 valence electrons. The average Bonchev–Trinajstić information content (AvgIpc) is 2.39. The van der Waals surface area contributed by atoms with Crippen LogP contribution in [0, 0.1) is 5.82 Å². The Balaban J connectivity index is 2.11. The molecule has 0 spiro atoms. The van der Waals surface area contributed by atoms with Crippen molar-refractivity contribution in [2.24, 2.45) is 0 Å². The Morgan fingerprint density at radius 1 is 1.33 bits per heavy atom. The lowest BCUT2D eigenvalue weighted by Gasteiger charge is -2.27. The van der Waals surface area contributed by atoms with Crippen LogP contribution in [-0.4, -0.2) is 18.0 Å². The minimum atomic E-state index is -4.79. The van der Waals surface area contributed by atoms with E-state index in [0.29, 0.717) is 18.6 Å². The zero-order valence-electron chi connectivity index (χ0n) is 11.4. The van der Waals surface area contributed by atoms with Crippen LogP contribution in [0.5, 0.6) is 0 Å². The number of alkyl halides is 3. The highest BCUT2D eigenvalue weighted by atomic mass is 19.4. The number of carbonyl (C=O) groups excluding carboxylic acids is 1. The summed E-state index contributed by atoms with van der Waals surface area (Å²) in [5.41, 5.74) is -1.45. The number of carbonyl (C=O) groups is 1. The Labute approximate surface area is 119 Å². The van der Waals surface area contributed by atoms with Crippen molar-refractivity contribution in [2.75, 3.05) is 5.32 Å². The standard InChI is InChI=1S/C14H16F4N2O/c1-8-3-2-4-12(19-8)13(21)20-9-5-6-11(15)10(7-9)14(16,17)18/h5-8,12,19H,2-4H2,1H3,(H,20,21). The second-order valence-corrected chi connectivity index (χ2v) is 5.23. The van der Waals surface area contributed by atoms with Crippen LogP contribution >= 0.6 is 0 Å². The van der Waals surface area contributed by atoms with Crippen molar-refractivity contribution < 1.29 is 22.4 Å². The average molecular weight is 304 g/mol. The Hall–Kier alpha value is -1.63. The topological polar surface area (TPSA) is 41.1 Å². The van der Waals surface area contributed by atoms with E-state index in [9.17, 15) is 22.4 Å². The molecule has 1 aliphatic heterocycles. The van der Waals surface area contributed by atoms with E-state index < -0.39 is 29.5 Å². The van der Waals surface area contributed by atoms with E-state index in [-0.39, 0.29) is 11.7 Å². The van der Waals surface area contributed by atoms with Gasteiger partial charge in [-0.1, -0.05) is 0 Å². The number of halogens is 4. The van der Waals surface area contributed by atoms with Crippen LogP contribution in [0.25, 0.3) is 0 Å². The summed E-state index contributed by atoms with van der Waals surface area (Å²) in [4.78, 5) is 12.0. The highest BCUT2D eigenvalue weighted by molar-refractivity contribution is 5.95. The summed E-state index contributed by atoms with van der Waals surface area (Å²) < 4.78 is 51.0. The number of amides is 1. The normalized spacial score (nSPS) is 22.9. The monoisotopic (exact) mass is 304 g/mol. The Bertz CT molecular complexity index is 530. The molecule has 0 aromatic heterocycles. The largest absolute Gasteiger partial charge is 0.419 e. The van der Waals surface area contributed by atoms with E-state index in [2.05, 4.69) is 10.6 Å². The molecule has 1 amide bonds. The first-order valence-corrected chi connectivity index (χ1v) is 6.71. The summed E-state index contributed by atoms with van der Waals surface area (Å²) in [6.07, 6.45) is -2.33. The molecule has 1 heterocycles. The molecule has 1 aromatic carbocycles. The lowest BCUT2D eigenvalue weighted by atomic mass is 9.99. The van der Waals surface area contributed by atoms with Crippen molar-refractivity contribution in [2.45, 2.75) is 44.4 Å². The summed E-state index contributed by atoms with van der Waals surface area (Å²) in [6, 6.07) is 2.19. The van der Waals surface area contributed by atoms with E-state index >= 15 is 0 Å². The lowest BCUT2D eigenvalue weighted by molar-refractivity contribution is -0.140. The fraction of sp³-hybridized carbons (Fsp3) is 0.500. The summed E-state index contributed by atoms with van der Waals surface area (Å²) in [7, 11) is 0. The second-order valence-electron chi connectivity index (χ2n) is 5.23. The fourth-order valence-electron chi connectivity index (χ4n) is 2.39. The van der Waals surface area contributed by atoms with Crippen molar-refractivity contribution >= 4 is 11.6 Å². The molecule has 2 unspecified atom stereocenters. The first-order chi connectivity index (χ1) is 9.77. The van der Waals surface area contributed by atoms with Gasteiger partial charge in [0.1, 0.15) is 5.82 Å². The van der Waals surface area contributed by atoms with Gasteiger partial charge in [-0.05, 0) is 44.4 Å². The van der Waals surface area contributed by atoms with Gasteiger partial charge in [-0.15, -0.1) is 0 Å². The van der Waals surface area contributed by atoms with E-state index in [1.165, 1.54) is 0 Å². The summed E-state index contributed by atoms with van der Waals surface area (Å²) >= 11 is 0. The molecule has 2 atom stereocenters. The summed E-state index contributed by atoms with van der Waals surface area (Å²) in [5, 5.41) is 5.49. The SMILES string of the molecule is CC1CCCC(C(=O)Nc2ccc(F)c(C(F)(F)F)c2)N1. The molecule has 3 nitrogen and oxygen atoms in total. The maximum Gasteiger partial charge on any atom is 0.419 e. The number of rotatable bonds is 2. The van der Waals surface area contributed by atoms with Gasteiger partial charge in [0.2, 0.25) is 5.91 Å². The van der Waals surface area contributed by atoms with Crippen LogP contribution in [0.3, 0.4) is 0 Å². The maximum atomic E-state index is 13.2. The fourth-order valence-corrected chi connectivity index (χ4v) is 2.39. The quantitative estimate of drug-likeness (QED) is 0.823. The van der Waals surface area contributed by atoms with E-state index in [0.717, 1.165) is 18.9 Å². The summed E-state index contributed by atoms with van der Waals surface area (Å²) in [5.74, 6) is -1.76. The van der Waals surface area contributed by atoms with E-state index in [4.69, 9.17) is 0 Å². The zero-order valence-corrected chi connectivity index (χ0v) is 11.4. The summed E-state index contributed by atoms with van der Waals surface area (Å²) in [6.45, 7) is 1.94. The molecule has 1 fully saturated rings. The Morgan fingerprint density at radius 3 is 2.67 bits per heavy atom. The molecule has 0 bridgehead atoms. The lowest BCUT2D eigenvalue weighted by Crippen LogP contribution is -2.47. The molecule has 7 heteroatoms. The zero-order chi connectivity index (χ0) is 15.6.